The number of anilines is 2. The van der Waals surface area contributed by atoms with Crippen LogP contribution in [-0.2, 0) is 9.59 Å². The van der Waals surface area contributed by atoms with E-state index in [2.05, 4.69) is 10.6 Å². The highest BCUT2D eigenvalue weighted by Crippen LogP contribution is 2.32. The van der Waals surface area contributed by atoms with E-state index in [1.165, 1.54) is 19.1 Å². The fourth-order valence-corrected chi connectivity index (χ4v) is 3.90. The Balaban J connectivity index is 1.46. The highest BCUT2D eigenvalue weighted by atomic mass is 32.1. The Morgan fingerprint density at radius 1 is 1.00 bits per heavy atom. The van der Waals surface area contributed by atoms with Crippen LogP contribution in [0.25, 0.3) is 6.08 Å². The number of aryl methyl sites for hydroxylation is 1. The van der Waals surface area contributed by atoms with Crippen molar-refractivity contribution in [2.45, 2.75) is 6.92 Å². The molecule has 0 aliphatic carbocycles. The molecule has 3 aromatic carbocycles. The van der Waals surface area contributed by atoms with Crippen LogP contribution in [0.5, 0.6) is 17.2 Å². The number of para-hydroxylation sites is 2. The first-order chi connectivity index (χ1) is 17.4. The summed E-state index contributed by atoms with van der Waals surface area (Å²) < 4.78 is 16.5. The van der Waals surface area contributed by atoms with Gasteiger partial charge < -0.3 is 24.8 Å². The van der Waals surface area contributed by atoms with Crippen molar-refractivity contribution in [3.8, 4) is 17.2 Å². The molecule has 0 unspecified atom stereocenters. The molecular weight excluding hydrogens is 478 g/mol. The predicted molar refractivity (Wildman–Crippen MR) is 142 cm³/mol. The van der Waals surface area contributed by atoms with E-state index < -0.39 is 0 Å². The number of nitrogens with zero attached hydrogens (tertiary/aromatic N) is 1. The standard InChI is InChI=1S/C27H25N3O5S/c1-17-8-11-19(12-9-17)28-25(31)16-35-23-13-10-18(15-24(23)34-3)14-20-26(32)30(27(36)29-20)21-6-4-5-7-22(21)33-2/h4-15H,16H2,1-3H3,(H,28,31)(H,29,36)/b20-14+. The molecule has 0 radical (unpaired) electrons. The second kappa shape index (κ2) is 10.9. The molecule has 0 spiro atoms. The zero-order chi connectivity index (χ0) is 25.7. The third kappa shape index (κ3) is 5.47. The lowest BCUT2D eigenvalue weighted by Crippen LogP contribution is -2.30. The van der Waals surface area contributed by atoms with Gasteiger partial charge in [0.1, 0.15) is 11.4 Å². The molecule has 1 aliphatic rings. The molecule has 1 saturated heterocycles. The number of hydrogen-bond donors (Lipinski definition) is 2. The van der Waals surface area contributed by atoms with Crippen LogP contribution in [-0.4, -0.2) is 37.8 Å². The average Bonchev–Trinajstić information content (AvgIpc) is 3.16. The molecule has 1 aliphatic heterocycles. The van der Waals surface area contributed by atoms with Gasteiger partial charge in [0.2, 0.25) is 0 Å². The van der Waals surface area contributed by atoms with E-state index in [0.29, 0.717) is 39.9 Å². The number of carbonyl (C=O) groups excluding carboxylic acids is 2. The number of hydrogen-bond acceptors (Lipinski definition) is 6. The van der Waals surface area contributed by atoms with Crippen LogP contribution < -0.4 is 29.7 Å². The van der Waals surface area contributed by atoms with E-state index in [0.717, 1.165) is 5.56 Å². The van der Waals surface area contributed by atoms with Crippen LogP contribution in [0.2, 0.25) is 0 Å². The molecule has 8 nitrogen and oxygen atoms in total. The summed E-state index contributed by atoms with van der Waals surface area (Å²) >= 11 is 5.40. The van der Waals surface area contributed by atoms with E-state index in [1.54, 1.807) is 42.5 Å². The van der Waals surface area contributed by atoms with Crippen LogP contribution in [0.3, 0.4) is 0 Å². The molecule has 3 aromatic rings. The number of amides is 2. The number of carbonyl (C=O) groups is 2. The summed E-state index contributed by atoms with van der Waals surface area (Å²) in [6.45, 7) is 1.79. The number of benzene rings is 3. The van der Waals surface area contributed by atoms with Gasteiger partial charge in [0.05, 0.1) is 19.9 Å². The Hall–Kier alpha value is -4.37. The molecule has 184 valence electrons. The fourth-order valence-electron chi connectivity index (χ4n) is 3.61. The van der Waals surface area contributed by atoms with Crippen molar-refractivity contribution in [3.05, 3.63) is 83.6 Å². The van der Waals surface area contributed by atoms with Gasteiger partial charge in [-0.3, -0.25) is 9.59 Å². The van der Waals surface area contributed by atoms with Gasteiger partial charge in [0.25, 0.3) is 11.8 Å². The first-order valence-corrected chi connectivity index (χ1v) is 11.5. The monoisotopic (exact) mass is 503 g/mol. The first kappa shape index (κ1) is 24.7. The van der Waals surface area contributed by atoms with Crippen LogP contribution in [0.4, 0.5) is 11.4 Å². The molecule has 2 amide bonds. The molecule has 36 heavy (non-hydrogen) atoms. The smallest absolute Gasteiger partial charge is 0.281 e. The third-order valence-electron chi connectivity index (χ3n) is 5.40. The van der Waals surface area contributed by atoms with Crippen LogP contribution in [0.1, 0.15) is 11.1 Å². The maximum atomic E-state index is 13.1. The van der Waals surface area contributed by atoms with Crippen LogP contribution >= 0.6 is 12.2 Å². The maximum absolute atomic E-state index is 13.1. The van der Waals surface area contributed by atoms with E-state index in [4.69, 9.17) is 26.4 Å². The third-order valence-corrected chi connectivity index (χ3v) is 5.68. The van der Waals surface area contributed by atoms with Crippen LogP contribution in [0.15, 0.2) is 72.4 Å². The van der Waals surface area contributed by atoms with Gasteiger partial charge in [0.15, 0.2) is 23.2 Å². The van der Waals surface area contributed by atoms with E-state index in [1.807, 2.05) is 37.3 Å². The Kier molecular flexibility index (Phi) is 7.50. The molecule has 4 rings (SSSR count). The summed E-state index contributed by atoms with van der Waals surface area (Å²) in [5.41, 5.74) is 3.34. The molecular formula is C27H25N3O5S. The summed E-state index contributed by atoms with van der Waals surface area (Å²) in [5.74, 6) is 0.748. The number of thiocarbonyl (C=S) groups is 1. The first-order valence-electron chi connectivity index (χ1n) is 11.1. The summed E-state index contributed by atoms with van der Waals surface area (Å²) in [5, 5.41) is 6.00. The normalized spacial score (nSPS) is 14.0. The predicted octanol–water partition coefficient (Wildman–Crippen LogP) is 4.29. The molecule has 2 N–H and O–H groups in total. The lowest BCUT2D eigenvalue weighted by molar-refractivity contribution is -0.118. The second-order valence-electron chi connectivity index (χ2n) is 7.91. The minimum Gasteiger partial charge on any atom is -0.495 e. The summed E-state index contributed by atoms with van der Waals surface area (Å²) in [7, 11) is 3.04. The van der Waals surface area contributed by atoms with Crippen molar-refractivity contribution >= 4 is 46.6 Å². The zero-order valence-electron chi connectivity index (χ0n) is 20.0. The quantitative estimate of drug-likeness (QED) is 0.350. The molecule has 1 heterocycles. The summed E-state index contributed by atoms with van der Waals surface area (Å²) in [6.07, 6.45) is 1.67. The van der Waals surface area contributed by atoms with Gasteiger partial charge in [-0.1, -0.05) is 35.9 Å². The van der Waals surface area contributed by atoms with Gasteiger partial charge in [-0.2, -0.15) is 0 Å². The number of rotatable bonds is 8. The van der Waals surface area contributed by atoms with Gasteiger partial charge >= 0.3 is 0 Å². The van der Waals surface area contributed by atoms with Crippen molar-refractivity contribution in [2.24, 2.45) is 0 Å². The lowest BCUT2D eigenvalue weighted by Gasteiger charge is -2.17. The Morgan fingerprint density at radius 3 is 2.44 bits per heavy atom. The average molecular weight is 504 g/mol. The molecule has 1 fully saturated rings. The maximum Gasteiger partial charge on any atom is 0.281 e. The Bertz CT molecular complexity index is 1340. The number of nitrogens with one attached hydrogen (secondary N) is 2. The molecule has 0 atom stereocenters. The van der Waals surface area contributed by atoms with E-state index in [9.17, 15) is 9.59 Å². The minimum absolute atomic E-state index is 0.188. The van der Waals surface area contributed by atoms with Crippen molar-refractivity contribution in [1.82, 2.24) is 5.32 Å². The Morgan fingerprint density at radius 2 is 1.72 bits per heavy atom. The van der Waals surface area contributed by atoms with Crippen molar-refractivity contribution in [1.29, 1.82) is 0 Å². The number of ether oxygens (including phenoxy) is 3. The van der Waals surface area contributed by atoms with Crippen molar-refractivity contribution in [3.63, 3.8) is 0 Å². The van der Waals surface area contributed by atoms with Crippen LogP contribution in [0, 0.1) is 6.92 Å². The molecule has 0 bridgehead atoms. The minimum atomic E-state index is -0.309. The lowest BCUT2D eigenvalue weighted by atomic mass is 10.1. The number of methoxy groups -OCH3 is 2. The summed E-state index contributed by atoms with van der Waals surface area (Å²) in [6, 6.07) is 19.8. The molecule has 0 aromatic heterocycles. The Labute approximate surface area is 214 Å². The van der Waals surface area contributed by atoms with Gasteiger partial charge in [0, 0.05) is 5.69 Å². The van der Waals surface area contributed by atoms with Gasteiger partial charge in [-0.05, 0) is 67.2 Å². The zero-order valence-corrected chi connectivity index (χ0v) is 20.8. The van der Waals surface area contributed by atoms with E-state index in [-0.39, 0.29) is 23.5 Å². The van der Waals surface area contributed by atoms with Crippen molar-refractivity contribution in [2.75, 3.05) is 31.0 Å². The molecule has 0 saturated carbocycles. The summed E-state index contributed by atoms with van der Waals surface area (Å²) in [4.78, 5) is 26.8. The molecule has 9 heteroatoms. The topological polar surface area (TPSA) is 89.1 Å². The van der Waals surface area contributed by atoms with E-state index >= 15 is 0 Å². The second-order valence-corrected chi connectivity index (χ2v) is 8.30. The largest absolute Gasteiger partial charge is 0.495 e. The SMILES string of the molecule is COc1cc(/C=C2/NC(=S)N(c3ccccc3OC)C2=O)ccc1OCC(=O)Nc1ccc(C)cc1. The van der Waals surface area contributed by atoms with Crippen molar-refractivity contribution < 1.29 is 23.8 Å². The highest BCUT2D eigenvalue weighted by Gasteiger charge is 2.33. The van der Waals surface area contributed by atoms with Gasteiger partial charge in [-0.15, -0.1) is 0 Å². The fraction of sp³-hybridized carbons (Fsp3) is 0.148. The van der Waals surface area contributed by atoms with Gasteiger partial charge in [-0.25, -0.2) is 4.90 Å². The highest BCUT2D eigenvalue weighted by molar-refractivity contribution is 7.80.